The number of nitrogens with one attached hydrogen (secondary N) is 1. The summed E-state index contributed by atoms with van der Waals surface area (Å²) in [6.45, 7) is 1.54. The van der Waals surface area contributed by atoms with Crippen LogP contribution in [-0.2, 0) is 0 Å². The van der Waals surface area contributed by atoms with Gasteiger partial charge in [0.2, 0.25) is 5.13 Å². The van der Waals surface area contributed by atoms with E-state index in [2.05, 4.69) is 15.5 Å². The first-order chi connectivity index (χ1) is 6.09. The van der Waals surface area contributed by atoms with Gasteiger partial charge in [-0.2, -0.15) is 0 Å². The molecule has 7 heteroatoms. The second-order valence-electron chi connectivity index (χ2n) is 2.41. The first kappa shape index (κ1) is 10.3. The summed E-state index contributed by atoms with van der Waals surface area (Å²) < 4.78 is 23.6. The van der Waals surface area contributed by atoms with Crippen LogP contribution in [0.25, 0.3) is 0 Å². The normalized spacial score (nSPS) is 13.3. The summed E-state index contributed by atoms with van der Waals surface area (Å²) in [5.74, 6) is 0. The van der Waals surface area contributed by atoms with E-state index in [4.69, 9.17) is 5.11 Å². The zero-order valence-electron chi connectivity index (χ0n) is 6.87. The van der Waals surface area contributed by atoms with Crippen LogP contribution in [-0.4, -0.2) is 34.4 Å². The van der Waals surface area contributed by atoms with Crippen LogP contribution in [0.1, 0.15) is 5.01 Å². The second kappa shape index (κ2) is 4.43. The van der Waals surface area contributed by atoms with Crippen LogP contribution in [0.15, 0.2) is 0 Å². The molecule has 1 rings (SSSR count). The van der Waals surface area contributed by atoms with E-state index < -0.39 is 12.5 Å². The molecule has 1 atom stereocenters. The predicted molar refractivity (Wildman–Crippen MR) is 45.1 cm³/mol. The van der Waals surface area contributed by atoms with E-state index >= 15 is 0 Å². The van der Waals surface area contributed by atoms with Gasteiger partial charge in [-0.25, -0.2) is 8.78 Å². The van der Waals surface area contributed by atoms with E-state index in [0.29, 0.717) is 5.13 Å². The van der Waals surface area contributed by atoms with Crippen molar-refractivity contribution in [1.29, 1.82) is 0 Å². The van der Waals surface area contributed by atoms with Crippen LogP contribution in [0.5, 0.6) is 0 Å². The highest BCUT2D eigenvalue weighted by Gasteiger charge is 2.16. The van der Waals surface area contributed by atoms with Gasteiger partial charge in [0.1, 0.15) is 11.1 Å². The third-order valence-corrected chi connectivity index (χ3v) is 2.08. The number of aliphatic hydroxyl groups is 1. The van der Waals surface area contributed by atoms with E-state index in [1.54, 1.807) is 6.92 Å². The molecular formula is C6H9F2N3OS. The Balaban J connectivity index is 2.35. The van der Waals surface area contributed by atoms with Gasteiger partial charge in [0.25, 0.3) is 6.43 Å². The van der Waals surface area contributed by atoms with Crippen LogP contribution in [0.4, 0.5) is 13.9 Å². The molecular weight excluding hydrogens is 200 g/mol. The molecule has 0 saturated carbocycles. The Kier molecular flexibility index (Phi) is 3.49. The summed E-state index contributed by atoms with van der Waals surface area (Å²) in [5.41, 5.74) is 0. The maximum absolute atomic E-state index is 11.8. The highest BCUT2D eigenvalue weighted by Crippen LogP contribution is 2.13. The third-order valence-electron chi connectivity index (χ3n) is 1.28. The van der Waals surface area contributed by atoms with Crippen LogP contribution >= 0.6 is 11.3 Å². The highest BCUT2D eigenvalue weighted by atomic mass is 32.1. The molecule has 0 spiro atoms. The Morgan fingerprint density at radius 2 is 2.23 bits per heavy atom. The van der Waals surface area contributed by atoms with Crippen molar-refractivity contribution in [2.45, 2.75) is 19.5 Å². The van der Waals surface area contributed by atoms with Crippen LogP contribution in [0.2, 0.25) is 0 Å². The van der Waals surface area contributed by atoms with Gasteiger partial charge < -0.3 is 10.4 Å². The van der Waals surface area contributed by atoms with Crippen molar-refractivity contribution in [3.05, 3.63) is 5.01 Å². The fourth-order valence-corrected chi connectivity index (χ4v) is 1.25. The lowest BCUT2D eigenvalue weighted by Crippen LogP contribution is -2.26. The predicted octanol–water partition coefficient (Wildman–Crippen LogP) is 0.884. The molecule has 13 heavy (non-hydrogen) atoms. The number of nitrogens with zero attached hydrogens (tertiary/aromatic N) is 2. The molecule has 1 aromatic rings. The Hall–Kier alpha value is -0.820. The second-order valence-corrected chi connectivity index (χ2v) is 3.59. The Morgan fingerprint density at radius 3 is 2.69 bits per heavy atom. The molecule has 1 aromatic heterocycles. The molecule has 2 N–H and O–H groups in total. The maximum atomic E-state index is 11.8. The van der Waals surface area contributed by atoms with Gasteiger partial charge in [0.15, 0.2) is 0 Å². The van der Waals surface area contributed by atoms with Gasteiger partial charge in [-0.05, 0) is 6.92 Å². The van der Waals surface area contributed by atoms with Gasteiger partial charge in [0.05, 0.1) is 0 Å². The molecule has 0 radical (unpaired) electrons. The molecule has 1 heterocycles. The van der Waals surface area contributed by atoms with Crippen molar-refractivity contribution in [2.24, 2.45) is 0 Å². The fourth-order valence-electron chi connectivity index (χ4n) is 0.649. The number of hydrogen-bond acceptors (Lipinski definition) is 5. The number of aryl methyl sites for hydroxylation is 1. The van der Waals surface area contributed by atoms with Gasteiger partial charge >= 0.3 is 0 Å². The summed E-state index contributed by atoms with van der Waals surface area (Å²) in [5, 5.41) is 19.8. The molecule has 74 valence electrons. The summed E-state index contributed by atoms with van der Waals surface area (Å²) in [4.78, 5) is 0. The van der Waals surface area contributed by atoms with Gasteiger partial charge in [0, 0.05) is 6.54 Å². The topological polar surface area (TPSA) is 58.0 Å². The monoisotopic (exact) mass is 209 g/mol. The fraction of sp³-hybridized carbons (Fsp3) is 0.667. The first-order valence-electron chi connectivity index (χ1n) is 3.60. The molecule has 0 aliphatic carbocycles. The molecule has 0 bridgehead atoms. The molecule has 0 fully saturated rings. The standard InChI is InChI=1S/C6H9F2N3OS/c1-3-10-11-6(13-3)9-2-4(12)5(7)8/h4-5,12H,2H2,1H3,(H,9,11). The average molecular weight is 209 g/mol. The molecule has 4 nitrogen and oxygen atoms in total. The minimum absolute atomic E-state index is 0.216. The van der Waals surface area contributed by atoms with Crippen LogP contribution < -0.4 is 5.32 Å². The molecule has 1 unspecified atom stereocenters. The van der Waals surface area contributed by atoms with E-state index in [-0.39, 0.29) is 6.54 Å². The van der Waals surface area contributed by atoms with Crippen LogP contribution in [0, 0.1) is 6.92 Å². The zero-order chi connectivity index (χ0) is 9.84. The molecule has 0 amide bonds. The summed E-state index contributed by atoms with van der Waals surface area (Å²) in [7, 11) is 0. The van der Waals surface area contributed by atoms with Gasteiger partial charge in [-0.15, -0.1) is 10.2 Å². The van der Waals surface area contributed by atoms with Crippen molar-refractivity contribution in [2.75, 3.05) is 11.9 Å². The van der Waals surface area contributed by atoms with Gasteiger partial charge in [-0.1, -0.05) is 11.3 Å². The van der Waals surface area contributed by atoms with E-state index in [1.807, 2.05) is 0 Å². The molecule has 0 saturated heterocycles. The summed E-state index contributed by atoms with van der Waals surface area (Å²) in [6.07, 6.45) is -4.40. The lowest BCUT2D eigenvalue weighted by molar-refractivity contribution is 0.00384. The largest absolute Gasteiger partial charge is 0.385 e. The van der Waals surface area contributed by atoms with E-state index in [0.717, 1.165) is 5.01 Å². The van der Waals surface area contributed by atoms with Crippen molar-refractivity contribution in [3.63, 3.8) is 0 Å². The number of aliphatic hydroxyl groups excluding tert-OH is 1. The minimum Gasteiger partial charge on any atom is -0.385 e. The average Bonchev–Trinajstić information content (AvgIpc) is 2.47. The maximum Gasteiger partial charge on any atom is 0.265 e. The number of alkyl halides is 2. The third kappa shape index (κ3) is 3.19. The smallest absolute Gasteiger partial charge is 0.265 e. The SMILES string of the molecule is Cc1nnc(NCC(O)C(F)F)s1. The van der Waals surface area contributed by atoms with E-state index in [9.17, 15) is 8.78 Å². The van der Waals surface area contributed by atoms with Crippen molar-refractivity contribution in [3.8, 4) is 0 Å². The highest BCUT2D eigenvalue weighted by molar-refractivity contribution is 7.15. The number of rotatable bonds is 4. The lowest BCUT2D eigenvalue weighted by atomic mass is 10.4. The minimum atomic E-state index is -2.73. The van der Waals surface area contributed by atoms with Crippen molar-refractivity contribution < 1.29 is 13.9 Å². The van der Waals surface area contributed by atoms with E-state index in [1.165, 1.54) is 11.3 Å². The van der Waals surface area contributed by atoms with Gasteiger partial charge in [-0.3, -0.25) is 0 Å². The zero-order valence-corrected chi connectivity index (χ0v) is 7.68. The first-order valence-corrected chi connectivity index (χ1v) is 4.41. The Morgan fingerprint density at radius 1 is 1.54 bits per heavy atom. The Bertz CT molecular complexity index is 268. The van der Waals surface area contributed by atoms with Crippen molar-refractivity contribution >= 4 is 16.5 Å². The number of hydrogen-bond donors (Lipinski definition) is 2. The lowest BCUT2D eigenvalue weighted by Gasteiger charge is -2.08. The number of anilines is 1. The Labute approximate surface area is 77.6 Å². The van der Waals surface area contributed by atoms with Crippen LogP contribution in [0.3, 0.4) is 0 Å². The summed E-state index contributed by atoms with van der Waals surface area (Å²) >= 11 is 1.25. The number of halogens is 2. The molecule has 0 aliphatic rings. The summed E-state index contributed by atoms with van der Waals surface area (Å²) in [6, 6.07) is 0. The van der Waals surface area contributed by atoms with Crippen molar-refractivity contribution in [1.82, 2.24) is 10.2 Å². The molecule has 0 aliphatic heterocycles. The molecule has 0 aromatic carbocycles. The number of aromatic nitrogens is 2. The quantitative estimate of drug-likeness (QED) is 0.773.